The first-order valence-electron chi connectivity index (χ1n) is 7.12. The van der Waals surface area contributed by atoms with Gasteiger partial charge in [-0.05, 0) is 29.8 Å². The summed E-state index contributed by atoms with van der Waals surface area (Å²) in [5.74, 6) is 0.392. The van der Waals surface area contributed by atoms with Crippen molar-refractivity contribution in [3.05, 3.63) is 54.0 Å². The fraction of sp³-hybridized carbons (Fsp3) is 0.312. The van der Waals surface area contributed by atoms with E-state index in [0.29, 0.717) is 5.76 Å². The van der Waals surface area contributed by atoms with Crippen LogP contribution in [-0.4, -0.2) is 41.9 Å². The average Bonchev–Trinajstić information content (AvgIpc) is 3.01. The number of carbonyl (C=O) groups excluding carboxylic acids is 1. The second-order valence-electron chi connectivity index (χ2n) is 5.29. The number of amides is 1. The van der Waals surface area contributed by atoms with Crippen molar-refractivity contribution in [2.45, 2.75) is 6.54 Å². The number of nitrogens with zero attached hydrogens (tertiary/aromatic N) is 2. The lowest BCUT2D eigenvalue weighted by atomic mass is 10.1. The standard InChI is InChI=1S/C16H19N3O2.ClH/c17-14-4-1-3-13(11-14)12-18-6-8-19(9-7-18)16(20)15-5-2-10-21-15;/h1-5,10-11H,6-9,12,17H2;1H. The summed E-state index contributed by atoms with van der Waals surface area (Å²) in [6.07, 6.45) is 1.53. The van der Waals surface area contributed by atoms with Crippen molar-refractivity contribution in [1.29, 1.82) is 0 Å². The molecular weight excluding hydrogens is 302 g/mol. The largest absolute Gasteiger partial charge is 0.459 e. The predicted molar refractivity (Wildman–Crippen MR) is 88.0 cm³/mol. The molecule has 1 aliphatic heterocycles. The quantitative estimate of drug-likeness (QED) is 0.881. The first-order chi connectivity index (χ1) is 10.2. The van der Waals surface area contributed by atoms with Crippen molar-refractivity contribution in [1.82, 2.24) is 9.80 Å². The van der Waals surface area contributed by atoms with Crippen LogP contribution in [0, 0.1) is 0 Å². The lowest BCUT2D eigenvalue weighted by Gasteiger charge is -2.34. The molecule has 1 aromatic carbocycles. The van der Waals surface area contributed by atoms with Gasteiger partial charge in [0.15, 0.2) is 5.76 Å². The maximum Gasteiger partial charge on any atom is 0.289 e. The average molecular weight is 322 g/mol. The molecule has 0 aliphatic carbocycles. The number of halogens is 1. The Hall–Kier alpha value is -1.98. The number of piperazine rings is 1. The maximum atomic E-state index is 12.2. The van der Waals surface area contributed by atoms with E-state index in [9.17, 15) is 4.79 Å². The Kier molecular flexibility index (Phi) is 5.46. The van der Waals surface area contributed by atoms with Crippen LogP contribution in [0.3, 0.4) is 0 Å². The van der Waals surface area contributed by atoms with Gasteiger partial charge in [-0.25, -0.2) is 0 Å². The van der Waals surface area contributed by atoms with Crippen molar-refractivity contribution >= 4 is 24.0 Å². The summed E-state index contributed by atoms with van der Waals surface area (Å²) in [7, 11) is 0. The molecule has 0 bridgehead atoms. The van der Waals surface area contributed by atoms with Crippen molar-refractivity contribution in [2.24, 2.45) is 0 Å². The van der Waals surface area contributed by atoms with Crippen LogP contribution in [0.5, 0.6) is 0 Å². The third kappa shape index (κ3) is 3.81. The number of hydrogen-bond donors (Lipinski definition) is 1. The highest BCUT2D eigenvalue weighted by Gasteiger charge is 2.23. The lowest BCUT2D eigenvalue weighted by molar-refractivity contribution is 0.0598. The lowest BCUT2D eigenvalue weighted by Crippen LogP contribution is -2.48. The van der Waals surface area contributed by atoms with E-state index in [-0.39, 0.29) is 18.3 Å². The SMILES string of the molecule is Cl.Nc1cccc(CN2CCN(C(=O)c3ccco3)CC2)c1. The van der Waals surface area contributed by atoms with Crippen molar-refractivity contribution in [3.8, 4) is 0 Å². The van der Waals surface area contributed by atoms with Crippen molar-refractivity contribution < 1.29 is 9.21 Å². The molecule has 6 heteroatoms. The normalized spacial score (nSPS) is 15.4. The fourth-order valence-corrected chi connectivity index (χ4v) is 2.61. The molecule has 118 valence electrons. The van der Waals surface area contributed by atoms with Crippen LogP contribution in [0.4, 0.5) is 5.69 Å². The molecule has 1 aromatic heterocycles. The van der Waals surface area contributed by atoms with Gasteiger partial charge >= 0.3 is 0 Å². The smallest absolute Gasteiger partial charge is 0.289 e. The molecule has 2 N–H and O–H groups in total. The molecule has 0 saturated carbocycles. The highest BCUT2D eigenvalue weighted by molar-refractivity contribution is 5.91. The van der Waals surface area contributed by atoms with Crippen LogP contribution in [0.1, 0.15) is 16.1 Å². The van der Waals surface area contributed by atoms with E-state index in [2.05, 4.69) is 11.0 Å². The molecular formula is C16H20ClN3O2. The van der Waals surface area contributed by atoms with Crippen LogP contribution in [0.25, 0.3) is 0 Å². The summed E-state index contributed by atoms with van der Waals surface area (Å²) in [6, 6.07) is 11.4. The third-order valence-electron chi connectivity index (χ3n) is 3.75. The van der Waals surface area contributed by atoms with Gasteiger partial charge in [0.2, 0.25) is 0 Å². The summed E-state index contributed by atoms with van der Waals surface area (Å²) < 4.78 is 5.17. The molecule has 0 radical (unpaired) electrons. The van der Waals surface area contributed by atoms with Gasteiger partial charge in [0.05, 0.1) is 6.26 Å². The van der Waals surface area contributed by atoms with Gasteiger partial charge in [-0.2, -0.15) is 0 Å². The first kappa shape index (κ1) is 16.4. The van der Waals surface area contributed by atoms with Crippen LogP contribution in [0.15, 0.2) is 47.1 Å². The predicted octanol–water partition coefficient (Wildman–Crippen LogP) is 2.24. The minimum atomic E-state index is -0.0244. The zero-order valence-corrected chi connectivity index (χ0v) is 13.1. The molecule has 2 aromatic rings. The number of anilines is 1. The van der Waals surface area contributed by atoms with Crippen LogP contribution < -0.4 is 5.73 Å². The molecule has 0 unspecified atom stereocenters. The van der Waals surface area contributed by atoms with Crippen molar-refractivity contribution in [2.75, 3.05) is 31.9 Å². The Balaban J connectivity index is 0.00000176. The van der Waals surface area contributed by atoms with E-state index in [4.69, 9.17) is 10.2 Å². The molecule has 1 saturated heterocycles. The first-order valence-corrected chi connectivity index (χ1v) is 7.12. The van der Waals surface area contributed by atoms with Gasteiger partial charge in [-0.15, -0.1) is 12.4 Å². The van der Waals surface area contributed by atoms with Gasteiger partial charge in [-0.3, -0.25) is 9.69 Å². The zero-order chi connectivity index (χ0) is 14.7. The number of rotatable bonds is 3. The van der Waals surface area contributed by atoms with Crippen LogP contribution >= 0.6 is 12.4 Å². The number of hydrogen-bond acceptors (Lipinski definition) is 4. The van der Waals surface area contributed by atoms with Gasteiger partial charge in [0, 0.05) is 38.4 Å². The summed E-state index contributed by atoms with van der Waals surface area (Å²) in [4.78, 5) is 16.3. The van der Waals surface area contributed by atoms with Gasteiger partial charge in [-0.1, -0.05) is 12.1 Å². The summed E-state index contributed by atoms with van der Waals surface area (Å²) in [6.45, 7) is 4.04. The zero-order valence-electron chi connectivity index (χ0n) is 12.3. The Morgan fingerprint density at radius 1 is 1.14 bits per heavy atom. The Morgan fingerprint density at radius 3 is 2.55 bits per heavy atom. The van der Waals surface area contributed by atoms with Crippen molar-refractivity contribution in [3.63, 3.8) is 0 Å². The Bertz CT molecular complexity index is 608. The van der Waals surface area contributed by atoms with E-state index >= 15 is 0 Å². The molecule has 2 heterocycles. The van der Waals surface area contributed by atoms with Gasteiger partial charge in [0.1, 0.15) is 0 Å². The second kappa shape index (κ2) is 7.33. The highest BCUT2D eigenvalue weighted by atomic mass is 35.5. The maximum absolute atomic E-state index is 12.2. The third-order valence-corrected chi connectivity index (χ3v) is 3.75. The van der Waals surface area contributed by atoms with Gasteiger partial charge < -0.3 is 15.1 Å². The second-order valence-corrected chi connectivity index (χ2v) is 5.29. The molecule has 22 heavy (non-hydrogen) atoms. The monoisotopic (exact) mass is 321 g/mol. The number of benzene rings is 1. The van der Waals surface area contributed by atoms with E-state index in [0.717, 1.165) is 38.4 Å². The minimum absolute atomic E-state index is 0. The van der Waals surface area contributed by atoms with E-state index in [1.165, 1.54) is 11.8 Å². The molecule has 5 nitrogen and oxygen atoms in total. The fourth-order valence-electron chi connectivity index (χ4n) is 2.61. The van der Waals surface area contributed by atoms with Crippen LogP contribution in [0.2, 0.25) is 0 Å². The molecule has 0 spiro atoms. The molecule has 1 amide bonds. The minimum Gasteiger partial charge on any atom is -0.459 e. The van der Waals surface area contributed by atoms with E-state index in [1.54, 1.807) is 12.1 Å². The summed E-state index contributed by atoms with van der Waals surface area (Å²) in [5, 5.41) is 0. The summed E-state index contributed by atoms with van der Waals surface area (Å²) >= 11 is 0. The topological polar surface area (TPSA) is 62.7 Å². The molecule has 1 fully saturated rings. The number of furan rings is 1. The van der Waals surface area contributed by atoms with E-state index < -0.39 is 0 Å². The van der Waals surface area contributed by atoms with E-state index in [1.807, 2.05) is 23.1 Å². The number of carbonyl (C=O) groups is 1. The van der Waals surface area contributed by atoms with Gasteiger partial charge in [0.25, 0.3) is 5.91 Å². The number of nitrogens with two attached hydrogens (primary N) is 1. The molecule has 3 rings (SSSR count). The molecule has 0 atom stereocenters. The molecule has 1 aliphatic rings. The van der Waals surface area contributed by atoms with Crippen LogP contribution in [-0.2, 0) is 6.54 Å². The Morgan fingerprint density at radius 2 is 1.91 bits per heavy atom. The summed E-state index contributed by atoms with van der Waals surface area (Å²) in [5.41, 5.74) is 7.80. The Labute approximate surface area is 136 Å². The number of nitrogen functional groups attached to an aromatic ring is 1. The highest BCUT2D eigenvalue weighted by Crippen LogP contribution is 2.13.